The minimum absolute atomic E-state index is 0.0974. The largest absolute Gasteiger partial charge is 0.472 e. The second-order valence-corrected chi connectivity index (χ2v) is 27.8. The number of unbranched alkanes of at least 4 members (excludes halogenated alkanes) is 36. The Morgan fingerprint density at radius 1 is 0.315 bits per heavy atom. The van der Waals surface area contributed by atoms with Gasteiger partial charge in [0.1, 0.15) is 19.3 Å². The molecule has 0 heterocycles. The van der Waals surface area contributed by atoms with E-state index in [4.69, 9.17) is 37.0 Å². The zero-order valence-corrected chi connectivity index (χ0v) is 60.3. The van der Waals surface area contributed by atoms with E-state index in [1.807, 2.05) is 0 Å². The number of aliphatic hydroxyl groups is 1. The molecule has 0 aromatic rings. The Bertz CT molecular complexity index is 1940. The van der Waals surface area contributed by atoms with Crippen molar-refractivity contribution < 1.29 is 80.2 Å². The van der Waals surface area contributed by atoms with Gasteiger partial charge >= 0.3 is 39.5 Å². The first-order valence-electron chi connectivity index (χ1n) is 36.9. The highest BCUT2D eigenvalue weighted by Crippen LogP contribution is 2.45. The van der Waals surface area contributed by atoms with Crippen LogP contribution in [0.3, 0.4) is 0 Å². The monoisotopic (exact) mass is 1340 g/mol. The Labute approximate surface area is 559 Å². The minimum atomic E-state index is -4.96. The minimum Gasteiger partial charge on any atom is -0.462 e. The number of allylic oxidation sites excluding steroid dienone is 8. The summed E-state index contributed by atoms with van der Waals surface area (Å²) >= 11 is 0. The maximum Gasteiger partial charge on any atom is 0.472 e. The van der Waals surface area contributed by atoms with E-state index >= 15 is 0 Å². The number of hydrogen-bond acceptors (Lipinski definition) is 15. The van der Waals surface area contributed by atoms with E-state index in [0.29, 0.717) is 25.7 Å². The fourth-order valence-electron chi connectivity index (χ4n) is 10.2. The second-order valence-electron chi connectivity index (χ2n) is 24.9. The molecule has 3 N–H and O–H groups in total. The molecule has 0 bridgehead atoms. The first-order valence-corrected chi connectivity index (χ1v) is 39.9. The van der Waals surface area contributed by atoms with Crippen LogP contribution in [0.5, 0.6) is 0 Å². The molecule has 0 rings (SSSR count). The van der Waals surface area contributed by atoms with Gasteiger partial charge in [-0.05, 0) is 83.5 Å². The summed E-state index contributed by atoms with van der Waals surface area (Å²) in [7, 11) is -9.92. The SMILES string of the molecule is CC/C=C\C/C=C\C/C=C\CCCCCCCC(=O)OCC(COP(=O)(O)OCC(O)COP(=O)(O)OCC(COC(=O)CCCCCCC/C=C\CCCCCC)OC(=O)CCCCCCCCCCCCCCC)OC(=O)CCCCCCCCCCCCC. The van der Waals surface area contributed by atoms with E-state index in [-0.39, 0.29) is 25.7 Å². The highest BCUT2D eigenvalue weighted by Gasteiger charge is 2.30. The van der Waals surface area contributed by atoms with Crippen molar-refractivity contribution in [3.63, 3.8) is 0 Å². The summed E-state index contributed by atoms with van der Waals surface area (Å²) in [5.74, 6) is -2.17. The van der Waals surface area contributed by atoms with Crippen LogP contribution < -0.4 is 0 Å². The van der Waals surface area contributed by atoms with Crippen molar-refractivity contribution in [1.82, 2.24) is 0 Å². The lowest BCUT2D eigenvalue weighted by Gasteiger charge is -2.21. The van der Waals surface area contributed by atoms with Crippen molar-refractivity contribution in [3.05, 3.63) is 48.6 Å². The number of phosphoric acid groups is 2. The molecule has 19 heteroatoms. The van der Waals surface area contributed by atoms with Crippen molar-refractivity contribution in [3.8, 4) is 0 Å². The van der Waals surface area contributed by atoms with Crippen molar-refractivity contribution in [2.24, 2.45) is 0 Å². The number of phosphoric ester groups is 2. The van der Waals surface area contributed by atoms with Gasteiger partial charge in [0, 0.05) is 25.7 Å². The van der Waals surface area contributed by atoms with Crippen LogP contribution in [-0.2, 0) is 65.4 Å². The zero-order chi connectivity index (χ0) is 67.5. The van der Waals surface area contributed by atoms with Gasteiger partial charge in [-0.2, -0.15) is 0 Å². The molecule has 0 saturated heterocycles. The summed E-state index contributed by atoms with van der Waals surface area (Å²) in [6.45, 7) is 4.76. The third-order valence-electron chi connectivity index (χ3n) is 15.8. The number of rotatable bonds is 70. The van der Waals surface area contributed by atoms with Crippen LogP contribution in [0.1, 0.15) is 336 Å². The summed E-state index contributed by atoms with van der Waals surface area (Å²) in [6, 6.07) is 0. The Kier molecular flexibility index (Phi) is 64.5. The number of aliphatic hydroxyl groups excluding tert-OH is 1. The molecule has 17 nitrogen and oxygen atoms in total. The van der Waals surface area contributed by atoms with Gasteiger partial charge < -0.3 is 33.8 Å². The summed E-state index contributed by atoms with van der Waals surface area (Å²) in [4.78, 5) is 72.6. The summed E-state index contributed by atoms with van der Waals surface area (Å²) in [5, 5.41) is 10.6. The van der Waals surface area contributed by atoms with Gasteiger partial charge in [-0.3, -0.25) is 37.3 Å². The molecular weight excluding hydrogens is 1210 g/mol. The van der Waals surface area contributed by atoms with Crippen LogP contribution in [0.2, 0.25) is 0 Å². The lowest BCUT2D eigenvalue weighted by Crippen LogP contribution is -2.30. The molecule has 92 heavy (non-hydrogen) atoms. The molecular formula is C73H134O17P2. The number of carbonyl (C=O) groups is 4. The molecule has 0 radical (unpaired) electrons. The Morgan fingerprint density at radius 2 is 0.565 bits per heavy atom. The smallest absolute Gasteiger partial charge is 0.462 e. The topological polar surface area (TPSA) is 237 Å². The summed E-state index contributed by atoms with van der Waals surface area (Å²) < 4.78 is 68.3. The van der Waals surface area contributed by atoms with Crippen LogP contribution in [-0.4, -0.2) is 96.7 Å². The summed E-state index contributed by atoms with van der Waals surface area (Å²) in [6.07, 6.45) is 61.1. The normalized spacial score (nSPS) is 14.3. The molecule has 0 aliphatic carbocycles. The maximum absolute atomic E-state index is 13.0. The van der Waals surface area contributed by atoms with Gasteiger partial charge in [0.25, 0.3) is 0 Å². The van der Waals surface area contributed by atoms with Crippen molar-refractivity contribution in [1.29, 1.82) is 0 Å². The van der Waals surface area contributed by atoms with Gasteiger partial charge in [-0.25, -0.2) is 9.13 Å². The zero-order valence-electron chi connectivity index (χ0n) is 58.5. The Balaban J connectivity index is 5.29. The van der Waals surface area contributed by atoms with Crippen molar-refractivity contribution in [2.75, 3.05) is 39.6 Å². The highest BCUT2D eigenvalue weighted by molar-refractivity contribution is 7.47. The van der Waals surface area contributed by atoms with E-state index in [1.54, 1.807) is 0 Å². The molecule has 0 aliphatic rings. The first-order chi connectivity index (χ1) is 44.7. The van der Waals surface area contributed by atoms with Gasteiger partial charge in [0.15, 0.2) is 12.2 Å². The van der Waals surface area contributed by atoms with E-state index < -0.39 is 97.5 Å². The number of hydrogen-bond donors (Lipinski definition) is 3. The highest BCUT2D eigenvalue weighted by atomic mass is 31.2. The van der Waals surface area contributed by atoms with Crippen molar-refractivity contribution >= 4 is 39.5 Å². The third-order valence-corrected chi connectivity index (χ3v) is 17.7. The molecule has 0 aromatic heterocycles. The third kappa shape index (κ3) is 65.7. The number of carbonyl (C=O) groups excluding carboxylic acids is 4. The van der Waals surface area contributed by atoms with E-state index in [9.17, 15) is 43.2 Å². The van der Waals surface area contributed by atoms with Crippen molar-refractivity contribution in [2.45, 2.75) is 354 Å². The van der Waals surface area contributed by atoms with Crippen LogP contribution in [0, 0.1) is 0 Å². The van der Waals surface area contributed by atoms with Gasteiger partial charge in [-0.15, -0.1) is 0 Å². The lowest BCUT2D eigenvalue weighted by atomic mass is 10.0. The molecule has 538 valence electrons. The van der Waals surface area contributed by atoms with E-state index in [0.717, 1.165) is 141 Å². The fourth-order valence-corrected chi connectivity index (χ4v) is 11.8. The molecule has 0 aromatic carbocycles. The van der Waals surface area contributed by atoms with Crippen LogP contribution in [0.4, 0.5) is 0 Å². The fraction of sp³-hybridized carbons (Fsp3) is 0.836. The van der Waals surface area contributed by atoms with Gasteiger partial charge in [-0.1, -0.05) is 275 Å². The van der Waals surface area contributed by atoms with Crippen LogP contribution in [0.15, 0.2) is 48.6 Å². The second kappa shape index (κ2) is 66.6. The molecule has 0 aliphatic heterocycles. The van der Waals surface area contributed by atoms with Crippen LogP contribution >= 0.6 is 15.6 Å². The Hall–Kier alpha value is -2.98. The molecule has 5 atom stereocenters. The predicted molar refractivity (Wildman–Crippen MR) is 372 cm³/mol. The number of ether oxygens (including phenoxy) is 4. The lowest BCUT2D eigenvalue weighted by molar-refractivity contribution is -0.161. The molecule has 5 unspecified atom stereocenters. The number of esters is 4. The quantitative estimate of drug-likeness (QED) is 0.0169. The first kappa shape index (κ1) is 89.0. The molecule has 0 spiro atoms. The molecule has 0 fully saturated rings. The maximum atomic E-state index is 13.0. The summed E-state index contributed by atoms with van der Waals surface area (Å²) in [5.41, 5.74) is 0. The van der Waals surface area contributed by atoms with E-state index in [2.05, 4.69) is 76.3 Å². The predicted octanol–water partition coefficient (Wildman–Crippen LogP) is 20.6. The Morgan fingerprint density at radius 3 is 0.891 bits per heavy atom. The van der Waals surface area contributed by atoms with Crippen LogP contribution in [0.25, 0.3) is 0 Å². The molecule has 0 saturated carbocycles. The van der Waals surface area contributed by atoms with Gasteiger partial charge in [0.05, 0.1) is 26.4 Å². The molecule has 0 amide bonds. The average Bonchev–Trinajstić information content (AvgIpc) is 2.24. The van der Waals surface area contributed by atoms with Gasteiger partial charge in [0.2, 0.25) is 0 Å². The average molecular weight is 1350 g/mol. The standard InChI is InChI=1S/C73H134O17P2/c1-5-9-13-17-21-25-29-32-33-36-39-42-46-50-54-58-71(76)84-63-68(89-72(77)59-55-51-47-43-37-28-24-20-16-12-8-4)65-87-91(79,80)85-61-67(74)62-86-92(81,82)88-66-69(90-73(78)60-56-52-48-44-40-35-31-27-23-19-15-11-7-3)64-83-70(75)57-53-49-45-41-38-34-30-26-22-18-14-10-6-2/h9,13,21,25-26,30,32-33,67-69,74H,5-8,10-12,14-20,22-24,27-29,31,34-66H2,1-4H3,(H,79,80)(H,81,82)/b13-9-,25-21-,30-26-,33-32-. The van der Waals surface area contributed by atoms with E-state index in [1.165, 1.54) is 116 Å².